The Morgan fingerprint density at radius 1 is 1.05 bits per heavy atom. The van der Waals surface area contributed by atoms with Crippen LogP contribution in [0.4, 0.5) is 8.78 Å². The highest BCUT2D eigenvalue weighted by Crippen LogP contribution is 2.23. The van der Waals surface area contributed by atoms with Gasteiger partial charge in [0.05, 0.1) is 11.2 Å². The molecule has 0 unspecified atom stereocenters. The summed E-state index contributed by atoms with van der Waals surface area (Å²) in [6.45, 7) is 0. The second-order valence-corrected chi connectivity index (χ2v) is 4.49. The number of nitrogens with zero attached hydrogens (tertiary/aromatic N) is 1. The molecule has 3 nitrogen and oxygen atoms in total. The molecule has 0 radical (unpaired) electrons. The first-order chi connectivity index (χ1) is 10.1. The average Bonchev–Trinajstić information content (AvgIpc) is 2.50. The third kappa shape index (κ3) is 2.07. The maximum Gasteiger partial charge on any atom is 0.207 e. The van der Waals surface area contributed by atoms with Gasteiger partial charge in [0.1, 0.15) is 11.6 Å². The standard InChI is InChI=1S/C16H8F2N2O/c17-12-6-10-14(7-13(12)18)20-15(11(8-19)16(10)21)9-4-2-1-3-5-9/h1-7H,(H,20,21). The van der Waals surface area contributed by atoms with Crippen LogP contribution in [-0.2, 0) is 0 Å². The van der Waals surface area contributed by atoms with Crippen molar-refractivity contribution in [2.75, 3.05) is 0 Å². The molecule has 21 heavy (non-hydrogen) atoms. The largest absolute Gasteiger partial charge is 0.353 e. The molecule has 3 aromatic rings. The van der Waals surface area contributed by atoms with Gasteiger partial charge in [0, 0.05) is 11.5 Å². The highest BCUT2D eigenvalue weighted by Gasteiger charge is 2.15. The number of halogens is 2. The summed E-state index contributed by atoms with van der Waals surface area (Å²) in [4.78, 5) is 15.1. The minimum Gasteiger partial charge on any atom is -0.353 e. The lowest BCUT2D eigenvalue weighted by Gasteiger charge is -2.07. The summed E-state index contributed by atoms with van der Waals surface area (Å²) in [5.41, 5.74) is 0.319. The zero-order chi connectivity index (χ0) is 15.0. The van der Waals surface area contributed by atoms with Crippen molar-refractivity contribution in [3.63, 3.8) is 0 Å². The van der Waals surface area contributed by atoms with E-state index in [0.29, 0.717) is 11.3 Å². The minimum atomic E-state index is -1.12. The van der Waals surface area contributed by atoms with Gasteiger partial charge >= 0.3 is 0 Å². The molecule has 0 aliphatic carbocycles. The Balaban J connectivity index is 2.44. The van der Waals surface area contributed by atoms with Gasteiger partial charge in [-0.1, -0.05) is 30.3 Å². The van der Waals surface area contributed by atoms with E-state index in [-0.39, 0.29) is 16.5 Å². The minimum absolute atomic E-state index is 0.0508. The first kappa shape index (κ1) is 13.0. The smallest absolute Gasteiger partial charge is 0.207 e. The molecule has 0 saturated carbocycles. The molecule has 0 bridgehead atoms. The highest BCUT2D eigenvalue weighted by atomic mass is 19.2. The molecular weight excluding hydrogens is 274 g/mol. The summed E-state index contributed by atoms with van der Waals surface area (Å²) in [5.74, 6) is -2.17. The Morgan fingerprint density at radius 3 is 2.38 bits per heavy atom. The zero-order valence-electron chi connectivity index (χ0n) is 10.7. The second kappa shape index (κ2) is 4.84. The number of rotatable bonds is 1. The maximum absolute atomic E-state index is 13.3. The van der Waals surface area contributed by atoms with Gasteiger partial charge in [0.15, 0.2) is 11.6 Å². The van der Waals surface area contributed by atoms with Crippen LogP contribution in [0.25, 0.3) is 22.2 Å². The van der Waals surface area contributed by atoms with Gasteiger partial charge < -0.3 is 4.98 Å². The van der Waals surface area contributed by atoms with Crippen LogP contribution in [0.3, 0.4) is 0 Å². The molecule has 0 saturated heterocycles. The predicted molar refractivity (Wildman–Crippen MR) is 74.6 cm³/mol. The van der Waals surface area contributed by atoms with Crippen molar-refractivity contribution in [1.29, 1.82) is 5.26 Å². The van der Waals surface area contributed by atoms with Gasteiger partial charge in [-0.25, -0.2) is 8.78 Å². The SMILES string of the molecule is N#Cc1c(-c2ccccc2)[nH]c2cc(F)c(F)cc2c1=O. The molecule has 102 valence electrons. The normalized spacial score (nSPS) is 10.5. The van der Waals surface area contributed by atoms with Crippen LogP contribution in [-0.4, -0.2) is 4.98 Å². The van der Waals surface area contributed by atoms with E-state index < -0.39 is 17.1 Å². The number of nitriles is 1. The Labute approximate surface area is 118 Å². The number of fused-ring (bicyclic) bond motifs is 1. The highest BCUT2D eigenvalue weighted by molar-refractivity contribution is 5.84. The molecule has 3 rings (SSSR count). The number of aromatic nitrogens is 1. The molecule has 1 heterocycles. The molecule has 0 spiro atoms. The number of aromatic amines is 1. The summed E-state index contributed by atoms with van der Waals surface area (Å²) >= 11 is 0. The van der Waals surface area contributed by atoms with Crippen LogP contribution < -0.4 is 5.43 Å². The molecular formula is C16H8F2N2O. The van der Waals surface area contributed by atoms with Crippen LogP contribution in [0.1, 0.15) is 5.56 Å². The molecule has 0 amide bonds. The first-order valence-corrected chi connectivity index (χ1v) is 6.12. The van der Waals surface area contributed by atoms with Gasteiger partial charge in [-0.2, -0.15) is 5.26 Å². The van der Waals surface area contributed by atoms with Crippen molar-refractivity contribution in [1.82, 2.24) is 4.98 Å². The summed E-state index contributed by atoms with van der Waals surface area (Å²) in [5, 5.41) is 9.16. The van der Waals surface area contributed by atoms with E-state index >= 15 is 0 Å². The van der Waals surface area contributed by atoms with E-state index in [4.69, 9.17) is 0 Å². The van der Waals surface area contributed by atoms with Gasteiger partial charge in [0.25, 0.3) is 0 Å². The lowest BCUT2D eigenvalue weighted by molar-refractivity contribution is 0.510. The van der Waals surface area contributed by atoms with E-state index in [1.807, 2.05) is 6.07 Å². The van der Waals surface area contributed by atoms with Gasteiger partial charge in [0.2, 0.25) is 5.43 Å². The number of pyridine rings is 1. The summed E-state index contributed by atoms with van der Waals surface area (Å²) in [7, 11) is 0. The van der Waals surface area contributed by atoms with E-state index in [2.05, 4.69) is 4.98 Å². The fourth-order valence-electron chi connectivity index (χ4n) is 2.21. The zero-order valence-corrected chi connectivity index (χ0v) is 10.7. The van der Waals surface area contributed by atoms with Gasteiger partial charge in [-0.05, 0) is 11.6 Å². The Morgan fingerprint density at radius 2 is 1.71 bits per heavy atom. The van der Waals surface area contributed by atoms with Crippen LogP contribution in [0.5, 0.6) is 0 Å². The molecule has 2 aromatic carbocycles. The summed E-state index contributed by atoms with van der Waals surface area (Å²) in [6.07, 6.45) is 0. The van der Waals surface area contributed by atoms with Crippen molar-refractivity contribution in [3.8, 4) is 17.3 Å². The molecule has 0 aliphatic heterocycles. The number of nitrogens with one attached hydrogen (secondary N) is 1. The summed E-state index contributed by atoms with van der Waals surface area (Å²) < 4.78 is 26.6. The number of hydrogen-bond acceptors (Lipinski definition) is 2. The van der Waals surface area contributed by atoms with Gasteiger partial charge in [-0.3, -0.25) is 4.79 Å². The molecule has 0 aliphatic rings. The number of hydrogen-bond donors (Lipinski definition) is 1. The van der Waals surface area contributed by atoms with E-state index in [9.17, 15) is 18.8 Å². The maximum atomic E-state index is 13.3. The fraction of sp³-hybridized carbons (Fsp3) is 0. The monoisotopic (exact) mass is 282 g/mol. The Hall–Kier alpha value is -3.00. The first-order valence-electron chi connectivity index (χ1n) is 6.12. The van der Waals surface area contributed by atoms with Crippen LogP contribution >= 0.6 is 0 Å². The molecule has 1 N–H and O–H groups in total. The third-order valence-electron chi connectivity index (χ3n) is 3.22. The van der Waals surface area contributed by atoms with Crippen LogP contribution in [0, 0.1) is 23.0 Å². The number of H-pyrrole nitrogens is 1. The van der Waals surface area contributed by atoms with Crippen molar-refractivity contribution in [2.45, 2.75) is 0 Å². The molecule has 5 heteroatoms. The number of benzene rings is 2. The fourth-order valence-corrected chi connectivity index (χ4v) is 2.21. The van der Waals surface area contributed by atoms with Crippen LogP contribution in [0.15, 0.2) is 47.3 Å². The van der Waals surface area contributed by atoms with E-state index in [1.54, 1.807) is 30.3 Å². The van der Waals surface area contributed by atoms with Crippen molar-refractivity contribution < 1.29 is 8.78 Å². The van der Waals surface area contributed by atoms with E-state index in [1.165, 1.54) is 0 Å². The predicted octanol–water partition coefficient (Wildman–Crippen LogP) is 3.34. The van der Waals surface area contributed by atoms with Gasteiger partial charge in [-0.15, -0.1) is 0 Å². The Bertz CT molecular complexity index is 940. The molecule has 1 aromatic heterocycles. The third-order valence-corrected chi connectivity index (χ3v) is 3.22. The Kier molecular flexibility index (Phi) is 2.99. The van der Waals surface area contributed by atoms with Crippen LogP contribution in [0.2, 0.25) is 0 Å². The van der Waals surface area contributed by atoms with Crippen molar-refractivity contribution in [3.05, 3.63) is 69.9 Å². The second-order valence-electron chi connectivity index (χ2n) is 4.49. The lowest BCUT2D eigenvalue weighted by atomic mass is 10.0. The lowest BCUT2D eigenvalue weighted by Crippen LogP contribution is -2.11. The van der Waals surface area contributed by atoms with Crippen molar-refractivity contribution in [2.24, 2.45) is 0 Å². The molecule has 0 fully saturated rings. The van der Waals surface area contributed by atoms with E-state index in [0.717, 1.165) is 12.1 Å². The molecule has 0 atom stereocenters. The topological polar surface area (TPSA) is 56.6 Å². The van der Waals surface area contributed by atoms with Crippen molar-refractivity contribution >= 4 is 10.9 Å². The quantitative estimate of drug-likeness (QED) is 0.744. The summed E-state index contributed by atoms with van der Waals surface area (Å²) in [6, 6.07) is 12.3. The average molecular weight is 282 g/mol.